The molecule has 17 heavy (non-hydrogen) atoms. The average Bonchev–Trinajstić information content (AvgIpc) is 2.60. The quantitative estimate of drug-likeness (QED) is 0.549. The summed E-state index contributed by atoms with van der Waals surface area (Å²) in [6, 6.07) is 0. The minimum Gasteiger partial charge on any atom is -0.465 e. The first kappa shape index (κ1) is 12.7. The van der Waals surface area contributed by atoms with E-state index < -0.39 is 0 Å². The standard InChI is InChI=1S/C15H24O2/c1-12(10-13-6-4-3-5-7-13)11-15(2)8-9-17-14(15)16/h10,13H,3-9,11H2,1-2H3/b12-10+/t15-/m0/s1. The van der Waals surface area contributed by atoms with Crippen molar-refractivity contribution in [2.45, 2.75) is 58.8 Å². The summed E-state index contributed by atoms with van der Waals surface area (Å²) in [4.78, 5) is 11.7. The van der Waals surface area contributed by atoms with Crippen LogP contribution in [0.5, 0.6) is 0 Å². The largest absolute Gasteiger partial charge is 0.465 e. The predicted octanol–water partition coefficient (Wildman–Crippen LogP) is 3.86. The van der Waals surface area contributed by atoms with Crippen LogP contribution in [0.3, 0.4) is 0 Å². The fourth-order valence-electron chi connectivity index (χ4n) is 3.18. The highest BCUT2D eigenvalue weighted by molar-refractivity contribution is 5.78. The summed E-state index contributed by atoms with van der Waals surface area (Å²) < 4.78 is 5.09. The average molecular weight is 236 g/mol. The lowest BCUT2D eigenvalue weighted by Crippen LogP contribution is -2.22. The topological polar surface area (TPSA) is 26.3 Å². The van der Waals surface area contributed by atoms with Gasteiger partial charge in [0, 0.05) is 0 Å². The molecular formula is C15H24O2. The molecule has 2 fully saturated rings. The molecule has 1 aliphatic heterocycles. The third-order valence-corrected chi connectivity index (χ3v) is 4.22. The van der Waals surface area contributed by atoms with Gasteiger partial charge in [-0.3, -0.25) is 4.79 Å². The first-order valence-corrected chi connectivity index (χ1v) is 6.95. The van der Waals surface area contributed by atoms with Crippen LogP contribution in [0.1, 0.15) is 58.8 Å². The third-order valence-electron chi connectivity index (χ3n) is 4.22. The van der Waals surface area contributed by atoms with Gasteiger partial charge < -0.3 is 4.74 Å². The Bertz CT molecular complexity index is 313. The van der Waals surface area contributed by atoms with E-state index in [4.69, 9.17) is 4.74 Å². The number of cyclic esters (lactones) is 1. The molecule has 0 N–H and O–H groups in total. The van der Waals surface area contributed by atoms with Gasteiger partial charge in [-0.25, -0.2) is 0 Å². The smallest absolute Gasteiger partial charge is 0.312 e. The Balaban J connectivity index is 1.93. The molecule has 0 spiro atoms. The summed E-state index contributed by atoms with van der Waals surface area (Å²) in [5, 5.41) is 0. The molecular weight excluding hydrogens is 212 g/mol. The van der Waals surface area contributed by atoms with Gasteiger partial charge in [0.25, 0.3) is 0 Å². The van der Waals surface area contributed by atoms with E-state index in [0.29, 0.717) is 6.61 Å². The number of ether oxygens (including phenoxy) is 1. The van der Waals surface area contributed by atoms with Gasteiger partial charge >= 0.3 is 5.97 Å². The van der Waals surface area contributed by atoms with E-state index in [1.807, 2.05) is 6.92 Å². The molecule has 0 unspecified atom stereocenters. The molecule has 1 aliphatic carbocycles. The summed E-state index contributed by atoms with van der Waals surface area (Å²) in [6.07, 6.45) is 11.0. The molecule has 2 nitrogen and oxygen atoms in total. The zero-order chi connectivity index (χ0) is 12.3. The Hall–Kier alpha value is -0.790. The molecule has 1 heterocycles. The van der Waals surface area contributed by atoms with Gasteiger partial charge in [-0.05, 0) is 45.4 Å². The molecule has 0 amide bonds. The fraction of sp³-hybridized carbons (Fsp3) is 0.800. The highest BCUT2D eigenvalue weighted by atomic mass is 16.5. The number of rotatable bonds is 3. The second-order valence-corrected chi connectivity index (χ2v) is 6.03. The minimum atomic E-state index is -0.255. The van der Waals surface area contributed by atoms with Gasteiger partial charge in [-0.1, -0.05) is 30.9 Å². The summed E-state index contributed by atoms with van der Waals surface area (Å²) >= 11 is 0. The lowest BCUT2D eigenvalue weighted by Gasteiger charge is -2.22. The van der Waals surface area contributed by atoms with Crippen LogP contribution in [0.15, 0.2) is 11.6 Å². The van der Waals surface area contributed by atoms with Crippen LogP contribution >= 0.6 is 0 Å². The number of allylic oxidation sites excluding steroid dienone is 2. The molecule has 0 aromatic heterocycles. The Morgan fingerprint density at radius 2 is 2.12 bits per heavy atom. The molecule has 96 valence electrons. The zero-order valence-electron chi connectivity index (χ0n) is 11.1. The maximum Gasteiger partial charge on any atom is 0.312 e. The van der Waals surface area contributed by atoms with Crippen molar-refractivity contribution in [1.29, 1.82) is 0 Å². The van der Waals surface area contributed by atoms with E-state index in [0.717, 1.165) is 18.8 Å². The van der Waals surface area contributed by atoms with Crippen LogP contribution in [0.4, 0.5) is 0 Å². The summed E-state index contributed by atoms with van der Waals surface area (Å²) in [7, 11) is 0. The van der Waals surface area contributed by atoms with Crippen molar-refractivity contribution in [2.24, 2.45) is 11.3 Å². The molecule has 2 heteroatoms. The van der Waals surface area contributed by atoms with E-state index in [2.05, 4.69) is 13.0 Å². The number of carbonyl (C=O) groups excluding carboxylic acids is 1. The predicted molar refractivity (Wildman–Crippen MR) is 68.6 cm³/mol. The maximum atomic E-state index is 11.7. The monoisotopic (exact) mass is 236 g/mol. The lowest BCUT2D eigenvalue weighted by molar-refractivity contribution is -0.145. The summed E-state index contributed by atoms with van der Waals surface area (Å²) in [5.41, 5.74) is 1.12. The molecule has 1 atom stereocenters. The van der Waals surface area contributed by atoms with E-state index in [-0.39, 0.29) is 11.4 Å². The van der Waals surface area contributed by atoms with Crippen molar-refractivity contribution < 1.29 is 9.53 Å². The van der Waals surface area contributed by atoms with E-state index >= 15 is 0 Å². The number of hydrogen-bond acceptors (Lipinski definition) is 2. The van der Waals surface area contributed by atoms with Gasteiger partial charge in [0.2, 0.25) is 0 Å². The summed E-state index contributed by atoms with van der Waals surface area (Å²) in [6.45, 7) is 4.82. The number of carbonyl (C=O) groups is 1. The van der Waals surface area contributed by atoms with Crippen molar-refractivity contribution >= 4 is 5.97 Å². The lowest BCUT2D eigenvalue weighted by atomic mass is 9.80. The first-order chi connectivity index (χ1) is 8.10. The van der Waals surface area contributed by atoms with Crippen LogP contribution in [0.25, 0.3) is 0 Å². The molecule has 0 radical (unpaired) electrons. The Morgan fingerprint density at radius 3 is 2.71 bits per heavy atom. The van der Waals surface area contributed by atoms with Crippen LogP contribution in [0.2, 0.25) is 0 Å². The Labute approximate surface area is 104 Å². The van der Waals surface area contributed by atoms with E-state index in [9.17, 15) is 4.79 Å². The highest BCUT2D eigenvalue weighted by Gasteiger charge is 2.39. The number of esters is 1. The van der Waals surface area contributed by atoms with Crippen LogP contribution in [-0.4, -0.2) is 12.6 Å². The van der Waals surface area contributed by atoms with Crippen LogP contribution in [0, 0.1) is 11.3 Å². The van der Waals surface area contributed by atoms with E-state index in [1.54, 1.807) is 0 Å². The van der Waals surface area contributed by atoms with Crippen molar-refractivity contribution in [3.8, 4) is 0 Å². The second kappa shape index (κ2) is 5.24. The molecule has 0 bridgehead atoms. The van der Waals surface area contributed by atoms with Gasteiger partial charge in [-0.15, -0.1) is 0 Å². The van der Waals surface area contributed by atoms with Crippen LogP contribution < -0.4 is 0 Å². The summed E-state index contributed by atoms with van der Waals surface area (Å²) in [5.74, 6) is 0.749. The molecule has 2 aliphatic rings. The highest BCUT2D eigenvalue weighted by Crippen LogP contribution is 2.36. The van der Waals surface area contributed by atoms with Crippen LogP contribution in [-0.2, 0) is 9.53 Å². The molecule has 0 aromatic rings. The Kier molecular flexibility index (Phi) is 3.90. The van der Waals surface area contributed by atoms with Crippen molar-refractivity contribution in [3.63, 3.8) is 0 Å². The van der Waals surface area contributed by atoms with Crippen molar-refractivity contribution in [2.75, 3.05) is 6.61 Å². The van der Waals surface area contributed by atoms with Gasteiger partial charge in [0.15, 0.2) is 0 Å². The zero-order valence-corrected chi connectivity index (χ0v) is 11.1. The van der Waals surface area contributed by atoms with Gasteiger partial charge in [0.1, 0.15) is 0 Å². The third kappa shape index (κ3) is 3.11. The Morgan fingerprint density at radius 1 is 1.41 bits per heavy atom. The molecule has 2 rings (SSSR count). The second-order valence-electron chi connectivity index (χ2n) is 6.03. The normalized spacial score (nSPS) is 31.6. The maximum absolute atomic E-state index is 11.7. The van der Waals surface area contributed by atoms with Gasteiger partial charge in [-0.2, -0.15) is 0 Å². The first-order valence-electron chi connectivity index (χ1n) is 6.95. The van der Waals surface area contributed by atoms with Crippen molar-refractivity contribution in [3.05, 3.63) is 11.6 Å². The van der Waals surface area contributed by atoms with Crippen molar-refractivity contribution in [1.82, 2.24) is 0 Å². The minimum absolute atomic E-state index is 0.00565. The van der Waals surface area contributed by atoms with E-state index in [1.165, 1.54) is 37.7 Å². The molecule has 0 aromatic carbocycles. The fourth-order valence-corrected chi connectivity index (χ4v) is 3.18. The van der Waals surface area contributed by atoms with Gasteiger partial charge in [0.05, 0.1) is 12.0 Å². The number of hydrogen-bond donors (Lipinski definition) is 0. The SMILES string of the molecule is C/C(=C\C1CCCCC1)C[C@]1(C)CCOC1=O. The molecule has 1 saturated carbocycles. The molecule has 1 saturated heterocycles.